The molecule has 0 bridgehead atoms. The van der Waals surface area contributed by atoms with Gasteiger partial charge in [-0.2, -0.15) is 0 Å². The summed E-state index contributed by atoms with van der Waals surface area (Å²) in [4.78, 5) is 18.6. The number of ether oxygens (including phenoxy) is 6. The van der Waals surface area contributed by atoms with Gasteiger partial charge in [0.15, 0.2) is 6.29 Å². The number of halogens is 1. The molecule has 5 heterocycles. The zero-order valence-electron chi connectivity index (χ0n) is 48.0. The quantitative estimate of drug-likeness (QED) is 0.111. The van der Waals surface area contributed by atoms with Crippen molar-refractivity contribution in [1.29, 1.82) is 0 Å². The van der Waals surface area contributed by atoms with E-state index in [-0.39, 0.29) is 25.2 Å². The van der Waals surface area contributed by atoms with E-state index in [4.69, 9.17) is 28.4 Å². The normalized spacial score (nSPS) is 38.6. The molecule has 3 aliphatic rings. The molecule has 3 aliphatic heterocycles. The number of hydrogen-bond acceptors (Lipinski definition) is 19. The Morgan fingerprint density at radius 3 is 2.22 bits per heavy atom. The van der Waals surface area contributed by atoms with Gasteiger partial charge in [0.1, 0.15) is 54.5 Å². The van der Waals surface area contributed by atoms with Crippen molar-refractivity contribution in [2.75, 3.05) is 48.1 Å². The number of esters is 1. The molecule has 0 amide bonds. The summed E-state index contributed by atoms with van der Waals surface area (Å²) in [5, 5.41) is 87.0. The van der Waals surface area contributed by atoms with Crippen LogP contribution >= 0.6 is 0 Å². The monoisotopic (exact) mass is 1090 g/mol. The van der Waals surface area contributed by atoms with Crippen LogP contribution in [-0.2, 0) is 39.6 Å². The molecule has 0 saturated carbocycles. The molecule has 6 N–H and O–H groups in total. The number of carbonyl (C=O) groups is 1. The van der Waals surface area contributed by atoms with Crippen molar-refractivity contribution in [2.45, 2.75) is 211 Å². The lowest BCUT2D eigenvalue weighted by Crippen LogP contribution is -2.62. The Balaban J connectivity index is 1.25. The van der Waals surface area contributed by atoms with Crippen LogP contribution in [-0.4, -0.2) is 208 Å². The summed E-state index contributed by atoms with van der Waals surface area (Å²) in [7, 11) is 6.75. The van der Waals surface area contributed by atoms with Crippen molar-refractivity contribution in [3.8, 4) is 5.69 Å². The third-order valence-corrected chi connectivity index (χ3v) is 17.3. The topological polar surface area (TPSA) is 262 Å². The minimum absolute atomic E-state index is 0.164. The van der Waals surface area contributed by atoms with E-state index in [2.05, 4.69) is 20.6 Å². The lowest BCUT2D eigenvalue weighted by molar-refractivity contribution is -0.302. The summed E-state index contributed by atoms with van der Waals surface area (Å²) in [6.07, 6.45) is -5.62. The van der Waals surface area contributed by atoms with Gasteiger partial charge in [0.2, 0.25) is 0 Å². The number of aromatic nitrogens is 6. The molecule has 2 aromatic heterocycles. The lowest BCUT2D eigenvalue weighted by atomic mass is 9.68. The van der Waals surface area contributed by atoms with Crippen LogP contribution < -0.4 is 0 Å². The third-order valence-electron chi connectivity index (χ3n) is 17.3. The number of nitrogens with zero attached hydrogens (tertiary/aromatic N) is 8. The van der Waals surface area contributed by atoms with Crippen molar-refractivity contribution < 1.29 is 68.2 Å². The molecule has 0 spiro atoms. The second-order valence-electron chi connectivity index (χ2n) is 23.4. The summed E-state index contributed by atoms with van der Waals surface area (Å²) in [5.41, 5.74) is -2.12. The van der Waals surface area contributed by atoms with Gasteiger partial charge in [-0.3, -0.25) is 4.79 Å². The second-order valence-corrected chi connectivity index (χ2v) is 23.4. The maximum absolute atomic E-state index is 15.0. The molecular formula is C55H91FN8O13. The molecule has 21 nitrogen and oxygen atoms in total. The van der Waals surface area contributed by atoms with Crippen LogP contribution in [0.1, 0.15) is 137 Å². The van der Waals surface area contributed by atoms with Crippen LogP contribution in [0.4, 0.5) is 4.39 Å². The van der Waals surface area contributed by atoms with Gasteiger partial charge >= 0.3 is 5.97 Å². The van der Waals surface area contributed by atoms with E-state index in [1.54, 1.807) is 65.5 Å². The van der Waals surface area contributed by atoms with Crippen molar-refractivity contribution in [2.24, 2.45) is 23.7 Å². The van der Waals surface area contributed by atoms with E-state index in [0.29, 0.717) is 48.6 Å². The van der Waals surface area contributed by atoms with Crippen LogP contribution in [0.15, 0.2) is 36.7 Å². The lowest BCUT2D eigenvalue weighted by Gasteiger charge is -2.51. The Morgan fingerprint density at radius 2 is 1.62 bits per heavy atom. The van der Waals surface area contributed by atoms with E-state index in [9.17, 15) is 39.8 Å². The van der Waals surface area contributed by atoms with E-state index in [1.165, 1.54) is 25.8 Å². The second kappa shape index (κ2) is 25.9. The first-order chi connectivity index (χ1) is 36.1. The van der Waals surface area contributed by atoms with Crippen LogP contribution in [0.3, 0.4) is 0 Å². The summed E-state index contributed by atoms with van der Waals surface area (Å²) >= 11 is 0. The molecular weight excluding hydrogens is 1000 g/mol. The number of methoxy groups -OCH3 is 2. The number of rotatable bonds is 16. The highest BCUT2D eigenvalue weighted by Gasteiger charge is 2.55. The van der Waals surface area contributed by atoms with Crippen molar-refractivity contribution in [3.63, 3.8) is 0 Å². The summed E-state index contributed by atoms with van der Waals surface area (Å²) < 4.78 is 56.0. The first-order valence-corrected chi connectivity index (χ1v) is 27.4. The van der Waals surface area contributed by atoms with Crippen LogP contribution in [0, 0.1) is 23.7 Å². The molecule has 436 valence electrons. The van der Waals surface area contributed by atoms with Crippen molar-refractivity contribution in [3.05, 3.63) is 53.6 Å². The van der Waals surface area contributed by atoms with Crippen molar-refractivity contribution in [1.82, 2.24) is 39.8 Å². The van der Waals surface area contributed by atoms with Gasteiger partial charge in [-0.15, -0.1) is 10.2 Å². The molecule has 2 unspecified atom stereocenters. The molecule has 6 rings (SSSR count). The maximum Gasteiger partial charge on any atom is 0.309 e. The Kier molecular flexibility index (Phi) is 21.0. The number of aliphatic hydroxyl groups is 6. The van der Waals surface area contributed by atoms with Gasteiger partial charge in [-0.1, -0.05) is 50.3 Å². The van der Waals surface area contributed by atoms with Gasteiger partial charge in [0.25, 0.3) is 0 Å². The molecule has 22 heteroatoms. The average molecular weight is 1090 g/mol. The Bertz CT molecular complexity index is 2330. The fraction of sp³-hybridized carbons (Fsp3) is 0.800. The number of benzene rings is 1. The van der Waals surface area contributed by atoms with Gasteiger partial charge in [0, 0.05) is 64.3 Å². The first-order valence-electron chi connectivity index (χ1n) is 27.4. The van der Waals surface area contributed by atoms with E-state index < -0.39 is 133 Å². The Morgan fingerprint density at radius 1 is 0.948 bits per heavy atom. The smallest absolute Gasteiger partial charge is 0.309 e. The highest BCUT2D eigenvalue weighted by molar-refractivity contribution is 5.73. The zero-order valence-corrected chi connectivity index (χ0v) is 48.0. The number of cyclic esters (lactones) is 1. The average Bonchev–Trinajstić information content (AvgIpc) is 4.10. The number of alkyl halides is 1. The number of likely N-dealkylation sites (N-methyl/N-ethyl adjacent to an activating group) is 2. The molecule has 3 fully saturated rings. The first kappa shape index (κ1) is 62.6. The minimum atomic E-state index is -1.84. The fourth-order valence-electron chi connectivity index (χ4n) is 12.5. The van der Waals surface area contributed by atoms with E-state index >= 15 is 0 Å². The molecule has 0 radical (unpaired) electrons. The number of carbonyl (C=O) groups excluding carboxylic acids is 1. The highest BCUT2D eigenvalue weighted by atomic mass is 19.1. The van der Waals surface area contributed by atoms with Crippen LogP contribution in [0.5, 0.6) is 0 Å². The zero-order chi connectivity index (χ0) is 57.1. The fourth-order valence-corrected chi connectivity index (χ4v) is 12.5. The largest absolute Gasteiger partial charge is 0.459 e. The number of hydrogen-bond donors (Lipinski definition) is 6. The summed E-state index contributed by atoms with van der Waals surface area (Å²) in [6, 6.07) is 5.33. The highest BCUT2D eigenvalue weighted by Crippen LogP contribution is 2.45. The Labute approximate surface area is 454 Å². The van der Waals surface area contributed by atoms with Gasteiger partial charge in [-0.05, 0) is 111 Å². The SMILES string of the molecule is CC[C@H]1OC(=O)[C@H](C)C([C@H]2C[C@@](C)(OC)[C@@H](O)[C@H](C)O2)[C@H](C)[C@@H](O[C@@H]2O[C@H](C)C[C@H](N(C)CCc3cn([C@H](CF)[C@H](OC)c4ccc(-n5cc(C(C)O)nn5)cc4)nn3)[C@H]2O)[C@](C)(O)C[C@@H](C)CN(C)[C@H](C)[C@@H](O)[C@]1(C)O. The van der Waals surface area contributed by atoms with Crippen LogP contribution in [0.2, 0.25) is 0 Å². The van der Waals surface area contributed by atoms with E-state index in [0.717, 1.165) is 0 Å². The van der Waals surface area contributed by atoms with E-state index in [1.807, 2.05) is 68.9 Å². The summed E-state index contributed by atoms with van der Waals surface area (Å²) in [5.74, 6) is -3.30. The molecule has 77 heavy (non-hydrogen) atoms. The molecule has 3 saturated heterocycles. The van der Waals surface area contributed by atoms with Gasteiger partial charge in [-0.25, -0.2) is 13.8 Å². The Hall–Kier alpha value is -3.62. The molecule has 1 aromatic carbocycles. The molecule has 0 aliphatic carbocycles. The predicted octanol–water partition coefficient (Wildman–Crippen LogP) is 3.91. The minimum Gasteiger partial charge on any atom is -0.459 e. The van der Waals surface area contributed by atoms with Crippen molar-refractivity contribution >= 4 is 5.97 Å². The standard InChI is InChI=1S/C55H91FN8O13/c1-16-44-55(11,71)48(67)34(6)62(13)27-30(2)24-53(9,70)50(32(4)45(33(5)51(69)76-44)43-25-54(10,73-15)49(68)36(8)75-43)77-52-46(66)41(23-31(3)74-52)61(12)22-21-38-28-64(59-57-38)42(26-56)47(72-14)37-17-19-39(20-18-37)63-29-40(35(7)65)58-60-63/h17-20,28-36,41-50,52,65-68,70-71H,16,21-27H2,1-15H3/t30-,31-,32+,33-,34-,35?,36+,41+,42-,43-,44-,45?,46-,47-,48-,49+,50-,52+,53-,54-,55-/m1/s1. The predicted molar refractivity (Wildman–Crippen MR) is 282 cm³/mol. The third kappa shape index (κ3) is 13.9. The van der Waals surface area contributed by atoms with Crippen LogP contribution in [0.25, 0.3) is 5.69 Å². The van der Waals surface area contributed by atoms with Gasteiger partial charge < -0.3 is 68.9 Å². The van der Waals surface area contributed by atoms with Gasteiger partial charge in [0.05, 0.1) is 65.2 Å². The maximum atomic E-state index is 15.0. The number of aliphatic hydroxyl groups excluding tert-OH is 4. The summed E-state index contributed by atoms with van der Waals surface area (Å²) in [6.45, 7) is 19.4. The molecule has 3 aromatic rings. The molecule has 21 atom stereocenters.